The van der Waals surface area contributed by atoms with E-state index in [1.807, 2.05) is 24.4 Å². The predicted octanol–water partition coefficient (Wildman–Crippen LogP) is 3.39. The number of hydrogen-bond donors (Lipinski definition) is 1. The van der Waals surface area contributed by atoms with Gasteiger partial charge in [-0.05, 0) is 25.1 Å². The van der Waals surface area contributed by atoms with Crippen LogP contribution in [-0.4, -0.2) is 11.5 Å². The van der Waals surface area contributed by atoms with Crippen LogP contribution in [0.3, 0.4) is 0 Å². The van der Waals surface area contributed by atoms with Crippen molar-refractivity contribution in [1.29, 1.82) is 0 Å². The molecule has 2 rings (SSSR count). The summed E-state index contributed by atoms with van der Waals surface area (Å²) in [6.45, 7) is 3.93. The molecule has 0 aliphatic rings. The normalized spacial score (nSPS) is 10.9. The molecule has 0 aliphatic carbocycles. The number of aromatic nitrogens is 1. The second-order valence-electron chi connectivity index (χ2n) is 3.78. The van der Waals surface area contributed by atoms with Gasteiger partial charge < -0.3 is 5.32 Å². The summed E-state index contributed by atoms with van der Waals surface area (Å²) in [6.07, 6.45) is 2.93. The lowest BCUT2D eigenvalue weighted by molar-refractivity contribution is 0.677. The zero-order chi connectivity index (χ0) is 11.4. The number of pyridine rings is 1. The van der Waals surface area contributed by atoms with Crippen LogP contribution in [0.4, 0.5) is 0 Å². The Bertz CT molecular complexity index is 482. The summed E-state index contributed by atoms with van der Waals surface area (Å²) in [5.74, 6) is 0. The minimum Gasteiger partial charge on any atom is -0.313 e. The molecule has 16 heavy (non-hydrogen) atoms. The predicted molar refractivity (Wildman–Crippen MR) is 68.8 cm³/mol. The highest BCUT2D eigenvalue weighted by atomic mass is 35.5. The zero-order valence-corrected chi connectivity index (χ0v) is 10.1. The summed E-state index contributed by atoms with van der Waals surface area (Å²) in [5.41, 5.74) is 2.09. The number of nitrogens with zero attached hydrogens (tertiary/aromatic N) is 1. The molecule has 2 aromatic rings. The van der Waals surface area contributed by atoms with Crippen molar-refractivity contribution in [2.75, 3.05) is 6.54 Å². The first-order chi connectivity index (χ1) is 7.83. The van der Waals surface area contributed by atoms with Crippen LogP contribution in [-0.2, 0) is 6.54 Å². The summed E-state index contributed by atoms with van der Waals surface area (Å²) >= 11 is 6.20. The number of fused-ring (bicyclic) bond motifs is 1. The number of rotatable bonds is 4. The van der Waals surface area contributed by atoms with Crippen molar-refractivity contribution < 1.29 is 0 Å². The molecule has 0 amide bonds. The Hall–Kier alpha value is -1.12. The second-order valence-corrected chi connectivity index (χ2v) is 4.19. The third-order valence-corrected chi connectivity index (χ3v) is 2.90. The fourth-order valence-electron chi connectivity index (χ4n) is 1.74. The Balaban J connectivity index is 2.37. The maximum Gasteiger partial charge on any atom is 0.0761 e. The average molecular weight is 235 g/mol. The van der Waals surface area contributed by atoms with Crippen LogP contribution in [0.5, 0.6) is 0 Å². The molecule has 84 valence electrons. The van der Waals surface area contributed by atoms with Gasteiger partial charge in [0.1, 0.15) is 0 Å². The van der Waals surface area contributed by atoms with Gasteiger partial charge in [-0.15, -0.1) is 0 Å². The SMILES string of the molecule is CCCNCc1c(Cl)ccc2cccnc12. The van der Waals surface area contributed by atoms with Crippen molar-refractivity contribution in [2.45, 2.75) is 19.9 Å². The van der Waals surface area contributed by atoms with Crippen LogP contribution in [0.2, 0.25) is 5.02 Å². The van der Waals surface area contributed by atoms with Crippen molar-refractivity contribution in [3.8, 4) is 0 Å². The van der Waals surface area contributed by atoms with E-state index in [0.29, 0.717) is 0 Å². The monoisotopic (exact) mass is 234 g/mol. The Kier molecular flexibility index (Phi) is 3.75. The standard InChI is InChI=1S/C13H15ClN2/c1-2-7-15-9-11-12(14)6-5-10-4-3-8-16-13(10)11/h3-6,8,15H,2,7,9H2,1H3. The van der Waals surface area contributed by atoms with E-state index in [1.54, 1.807) is 0 Å². The van der Waals surface area contributed by atoms with Gasteiger partial charge >= 0.3 is 0 Å². The van der Waals surface area contributed by atoms with Crippen LogP contribution in [0.1, 0.15) is 18.9 Å². The minimum absolute atomic E-state index is 0.779. The largest absolute Gasteiger partial charge is 0.313 e. The van der Waals surface area contributed by atoms with E-state index in [9.17, 15) is 0 Å². The zero-order valence-electron chi connectivity index (χ0n) is 9.33. The summed E-state index contributed by atoms with van der Waals surface area (Å²) in [5, 5.41) is 5.29. The third-order valence-electron chi connectivity index (χ3n) is 2.55. The molecule has 0 radical (unpaired) electrons. The average Bonchev–Trinajstić information content (AvgIpc) is 2.32. The summed E-state index contributed by atoms with van der Waals surface area (Å²) < 4.78 is 0. The van der Waals surface area contributed by atoms with Gasteiger partial charge in [0.25, 0.3) is 0 Å². The highest BCUT2D eigenvalue weighted by molar-refractivity contribution is 6.32. The van der Waals surface area contributed by atoms with Crippen LogP contribution in [0.25, 0.3) is 10.9 Å². The summed E-state index contributed by atoms with van der Waals surface area (Å²) in [4.78, 5) is 4.40. The lowest BCUT2D eigenvalue weighted by atomic mass is 10.1. The van der Waals surface area contributed by atoms with Crippen molar-refractivity contribution in [3.63, 3.8) is 0 Å². The molecule has 0 unspecified atom stereocenters. The van der Waals surface area contributed by atoms with Gasteiger partial charge in [-0.25, -0.2) is 0 Å². The molecule has 1 aromatic carbocycles. The molecule has 1 heterocycles. The first-order valence-corrected chi connectivity index (χ1v) is 5.93. The fraction of sp³-hybridized carbons (Fsp3) is 0.308. The quantitative estimate of drug-likeness (QED) is 0.821. The van der Waals surface area contributed by atoms with Crippen molar-refractivity contribution in [3.05, 3.63) is 41.0 Å². The topological polar surface area (TPSA) is 24.9 Å². The molecule has 0 fully saturated rings. The van der Waals surface area contributed by atoms with Gasteiger partial charge in [-0.1, -0.05) is 30.7 Å². The second kappa shape index (κ2) is 5.28. The maximum atomic E-state index is 6.20. The van der Waals surface area contributed by atoms with Gasteiger partial charge in [0, 0.05) is 28.7 Å². The maximum absolute atomic E-state index is 6.20. The molecule has 3 heteroatoms. The summed E-state index contributed by atoms with van der Waals surface area (Å²) in [6, 6.07) is 7.95. The van der Waals surface area contributed by atoms with Crippen LogP contribution in [0.15, 0.2) is 30.5 Å². The Morgan fingerprint density at radius 1 is 1.31 bits per heavy atom. The number of hydrogen-bond acceptors (Lipinski definition) is 2. The van der Waals surface area contributed by atoms with Crippen molar-refractivity contribution in [2.24, 2.45) is 0 Å². The van der Waals surface area contributed by atoms with Gasteiger partial charge in [-0.3, -0.25) is 4.98 Å². The smallest absolute Gasteiger partial charge is 0.0761 e. The highest BCUT2D eigenvalue weighted by Gasteiger charge is 2.06. The first-order valence-electron chi connectivity index (χ1n) is 5.55. The van der Waals surface area contributed by atoms with Crippen molar-refractivity contribution >= 4 is 22.5 Å². The van der Waals surface area contributed by atoms with Crippen LogP contribution < -0.4 is 5.32 Å². The van der Waals surface area contributed by atoms with Gasteiger partial charge in [-0.2, -0.15) is 0 Å². The molecule has 1 N–H and O–H groups in total. The lowest BCUT2D eigenvalue weighted by Gasteiger charge is -2.08. The fourth-order valence-corrected chi connectivity index (χ4v) is 1.96. The molecule has 0 saturated carbocycles. The Morgan fingerprint density at radius 3 is 3.00 bits per heavy atom. The highest BCUT2D eigenvalue weighted by Crippen LogP contribution is 2.24. The number of benzene rings is 1. The van der Waals surface area contributed by atoms with Crippen LogP contribution in [0, 0.1) is 0 Å². The Labute approximate surface area is 101 Å². The summed E-state index contributed by atoms with van der Waals surface area (Å²) in [7, 11) is 0. The molecular formula is C13H15ClN2. The first kappa shape index (κ1) is 11.4. The van der Waals surface area contributed by atoms with E-state index in [4.69, 9.17) is 11.6 Å². The Morgan fingerprint density at radius 2 is 2.19 bits per heavy atom. The van der Waals surface area contributed by atoms with Gasteiger partial charge in [0.2, 0.25) is 0 Å². The van der Waals surface area contributed by atoms with E-state index >= 15 is 0 Å². The number of nitrogens with one attached hydrogen (secondary N) is 1. The molecule has 2 nitrogen and oxygen atoms in total. The molecule has 1 aromatic heterocycles. The molecule has 0 atom stereocenters. The molecule has 0 aliphatic heterocycles. The van der Waals surface area contributed by atoms with Gasteiger partial charge in [0.15, 0.2) is 0 Å². The number of halogens is 1. The minimum atomic E-state index is 0.779. The third kappa shape index (κ3) is 2.34. The molecule has 0 saturated heterocycles. The molecule has 0 bridgehead atoms. The van der Waals surface area contributed by atoms with E-state index < -0.39 is 0 Å². The van der Waals surface area contributed by atoms with E-state index in [1.165, 1.54) is 0 Å². The van der Waals surface area contributed by atoms with Crippen molar-refractivity contribution in [1.82, 2.24) is 10.3 Å². The lowest BCUT2D eigenvalue weighted by Crippen LogP contribution is -2.14. The van der Waals surface area contributed by atoms with Gasteiger partial charge in [0.05, 0.1) is 5.52 Å². The van der Waals surface area contributed by atoms with E-state index in [-0.39, 0.29) is 0 Å². The van der Waals surface area contributed by atoms with E-state index in [2.05, 4.69) is 23.3 Å². The van der Waals surface area contributed by atoms with E-state index in [0.717, 1.165) is 41.0 Å². The molecule has 0 spiro atoms. The molecular weight excluding hydrogens is 220 g/mol. The van der Waals surface area contributed by atoms with Crippen LogP contribution >= 0.6 is 11.6 Å².